The van der Waals surface area contributed by atoms with E-state index < -0.39 is 11.9 Å². The summed E-state index contributed by atoms with van der Waals surface area (Å²) in [5.41, 5.74) is 4.51. The standard InChI is InChI=1S/C33H44N2O3/c1-24(14-13-21-32(2,3)36-8)31-37-30-20-10-9-19-29(30)33(38-31,25-15-11-17-27(22-25)34(4)5)26-16-12-18-28(23-26)35(6)7/h9-12,15-20,22-24,31H,13-14,21H2,1-8H3. The van der Waals surface area contributed by atoms with E-state index in [2.05, 4.69) is 125 Å². The van der Waals surface area contributed by atoms with E-state index in [0.29, 0.717) is 0 Å². The molecule has 2 unspecified atom stereocenters. The van der Waals surface area contributed by atoms with Crippen LogP contribution in [0.1, 0.15) is 56.7 Å². The number of rotatable bonds is 10. The monoisotopic (exact) mass is 516 g/mol. The first-order valence-electron chi connectivity index (χ1n) is 13.6. The predicted octanol–water partition coefficient (Wildman–Crippen LogP) is 7.08. The highest BCUT2D eigenvalue weighted by Gasteiger charge is 2.47. The van der Waals surface area contributed by atoms with Crippen molar-refractivity contribution in [2.24, 2.45) is 5.92 Å². The second-order valence-electron chi connectivity index (χ2n) is 11.5. The Morgan fingerprint density at radius 3 is 2.00 bits per heavy atom. The second kappa shape index (κ2) is 11.4. The quantitative estimate of drug-likeness (QED) is 0.288. The second-order valence-corrected chi connectivity index (χ2v) is 11.5. The summed E-state index contributed by atoms with van der Waals surface area (Å²) in [7, 11) is 10.1. The normalized spacial score (nSPS) is 17.3. The van der Waals surface area contributed by atoms with Gasteiger partial charge in [0.05, 0.1) is 5.60 Å². The predicted molar refractivity (Wildman–Crippen MR) is 157 cm³/mol. The highest BCUT2D eigenvalue weighted by molar-refractivity contribution is 5.60. The number of anilines is 2. The van der Waals surface area contributed by atoms with Crippen molar-refractivity contribution in [2.45, 2.75) is 57.5 Å². The molecule has 2 atom stereocenters. The summed E-state index contributed by atoms with van der Waals surface area (Å²) in [5.74, 6) is 1.06. The third-order valence-electron chi connectivity index (χ3n) is 7.80. The Balaban J connectivity index is 1.85. The molecule has 0 saturated carbocycles. The molecule has 204 valence electrons. The van der Waals surface area contributed by atoms with Crippen LogP contribution in [0, 0.1) is 5.92 Å². The van der Waals surface area contributed by atoms with Gasteiger partial charge < -0.3 is 24.0 Å². The van der Waals surface area contributed by atoms with Crippen molar-refractivity contribution >= 4 is 11.4 Å². The molecule has 0 spiro atoms. The zero-order chi connectivity index (χ0) is 27.5. The smallest absolute Gasteiger partial charge is 0.204 e. The molecule has 38 heavy (non-hydrogen) atoms. The minimum Gasteiger partial charge on any atom is -0.464 e. The molecule has 1 heterocycles. The van der Waals surface area contributed by atoms with Gasteiger partial charge in [-0.3, -0.25) is 0 Å². The number of fused-ring (bicyclic) bond motifs is 1. The number of methoxy groups -OCH3 is 1. The number of hydrogen-bond donors (Lipinski definition) is 0. The van der Waals surface area contributed by atoms with Crippen LogP contribution in [0.3, 0.4) is 0 Å². The highest BCUT2D eigenvalue weighted by atomic mass is 16.7. The molecule has 0 aromatic heterocycles. The van der Waals surface area contributed by atoms with Gasteiger partial charge in [-0.05, 0) is 68.1 Å². The van der Waals surface area contributed by atoms with Crippen LogP contribution in [0.5, 0.6) is 5.75 Å². The topological polar surface area (TPSA) is 34.2 Å². The largest absolute Gasteiger partial charge is 0.464 e. The fourth-order valence-electron chi connectivity index (χ4n) is 5.19. The molecule has 0 N–H and O–H groups in total. The molecular weight excluding hydrogens is 472 g/mol. The zero-order valence-corrected chi connectivity index (χ0v) is 24.3. The molecule has 5 heteroatoms. The van der Waals surface area contributed by atoms with E-state index in [-0.39, 0.29) is 11.5 Å². The van der Waals surface area contributed by atoms with Gasteiger partial charge in [0.2, 0.25) is 6.29 Å². The van der Waals surface area contributed by atoms with Crippen LogP contribution in [-0.2, 0) is 15.1 Å². The highest BCUT2D eigenvalue weighted by Crippen LogP contribution is 2.50. The van der Waals surface area contributed by atoms with Crippen molar-refractivity contribution in [3.05, 3.63) is 89.5 Å². The molecule has 3 aromatic carbocycles. The molecule has 3 aromatic rings. The van der Waals surface area contributed by atoms with Crippen molar-refractivity contribution < 1.29 is 14.2 Å². The first-order chi connectivity index (χ1) is 18.1. The van der Waals surface area contributed by atoms with Crippen LogP contribution >= 0.6 is 0 Å². The maximum absolute atomic E-state index is 7.22. The van der Waals surface area contributed by atoms with Crippen LogP contribution < -0.4 is 14.5 Å². The van der Waals surface area contributed by atoms with E-state index in [1.165, 1.54) is 0 Å². The lowest BCUT2D eigenvalue weighted by molar-refractivity contribution is -0.187. The molecule has 0 fully saturated rings. The Bertz CT molecular complexity index is 1170. The fourth-order valence-corrected chi connectivity index (χ4v) is 5.19. The van der Waals surface area contributed by atoms with Crippen LogP contribution in [-0.4, -0.2) is 47.2 Å². The Morgan fingerprint density at radius 1 is 0.868 bits per heavy atom. The summed E-state index contributed by atoms with van der Waals surface area (Å²) in [5, 5.41) is 0. The minimum absolute atomic E-state index is 0.135. The van der Waals surface area contributed by atoms with E-state index in [0.717, 1.165) is 53.1 Å². The van der Waals surface area contributed by atoms with Gasteiger partial charge in [0, 0.05) is 58.2 Å². The van der Waals surface area contributed by atoms with Gasteiger partial charge in [-0.2, -0.15) is 0 Å². The van der Waals surface area contributed by atoms with Crippen LogP contribution in [0.2, 0.25) is 0 Å². The van der Waals surface area contributed by atoms with E-state index in [1.54, 1.807) is 7.11 Å². The molecule has 0 saturated heterocycles. The zero-order valence-electron chi connectivity index (χ0n) is 24.3. The summed E-state index contributed by atoms with van der Waals surface area (Å²) in [6, 6.07) is 25.7. The summed E-state index contributed by atoms with van der Waals surface area (Å²) in [6.07, 6.45) is 2.59. The van der Waals surface area contributed by atoms with Crippen LogP contribution in [0.25, 0.3) is 0 Å². The van der Waals surface area contributed by atoms with Gasteiger partial charge in [-0.15, -0.1) is 0 Å². The van der Waals surface area contributed by atoms with Crippen LogP contribution in [0.4, 0.5) is 11.4 Å². The summed E-state index contributed by atoms with van der Waals surface area (Å²) in [4.78, 5) is 4.27. The Labute approximate surface area is 229 Å². The SMILES string of the molecule is COC(C)(C)CCCC(C)C1Oc2ccccc2C(c2cccc(N(C)C)c2)(c2cccc(N(C)C)c2)O1. The maximum atomic E-state index is 7.22. The average molecular weight is 517 g/mol. The van der Waals surface area contributed by atoms with Crippen molar-refractivity contribution in [1.82, 2.24) is 0 Å². The number of nitrogens with zero attached hydrogens (tertiary/aromatic N) is 2. The lowest BCUT2D eigenvalue weighted by Gasteiger charge is -2.45. The molecule has 1 aliphatic rings. The van der Waals surface area contributed by atoms with E-state index >= 15 is 0 Å². The Hall–Kier alpha value is -3.02. The average Bonchev–Trinajstić information content (AvgIpc) is 2.92. The maximum Gasteiger partial charge on any atom is 0.204 e. The van der Waals surface area contributed by atoms with Gasteiger partial charge in [-0.25, -0.2) is 0 Å². The fraction of sp³-hybridized carbons (Fsp3) is 0.455. The van der Waals surface area contributed by atoms with Crippen molar-refractivity contribution in [3.8, 4) is 5.75 Å². The van der Waals surface area contributed by atoms with Gasteiger partial charge in [0.25, 0.3) is 0 Å². The van der Waals surface area contributed by atoms with E-state index in [1.807, 2.05) is 6.07 Å². The summed E-state index contributed by atoms with van der Waals surface area (Å²) >= 11 is 0. The van der Waals surface area contributed by atoms with Crippen LogP contribution in [0.15, 0.2) is 72.8 Å². The third-order valence-corrected chi connectivity index (χ3v) is 7.80. The molecule has 0 bridgehead atoms. The summed E-state index contributed by atoms with van der Waals surface area (Å²) in [6.45, 7) is 6.51. The number of ether oxygens (including phenoxy) is 3. The molecule has 4 rings (SSSR count). The first kappa shape index (κ1) is 28.0. The molecular formula is C33H44N2O3. The number of para-hydroxylation sites is 1. The van der Waals surface area contributed by atoms with Gasteiger partial charge in [0.15, 0.2) is 5.60 Å². The molecule has 5 nitrogen and oxygen atoms in total. The number of hydrogen-bond acceptors (Lipinski definition) is 5. The van der Waals surface area contributed by atoms with Crippen molar-refractivity contribution in [3.63, 3.8) is 0 Å². The molecule has 1 aliphatic heterocycles. The Morgan fingerprint density at radius 2 is 1.45 bits per heavy atom. The number of benzene rings is 3. The van der Waals surface area contributed by atoms with Gasteiger partial charge >= 0.3 is 0 Å². The van der Waals surface area contributed by atoms with Crippen molar-refractivity contribution in [1.29, 1.82) is 0 Å². The lowest BCUT2D eigenvalue weighted by Crippen LogP contribution is -2.46. The van der Waals surface area contributed by atoms with Gasteiger partial charge in [0.1, 0.15) is 5.75 Å². The molecule has 0 amide bonds. The first-order valence-corrected chi connectivity index (χ1v) is 13.6. The van der Waals surface area contributed by atoms with E-state index in [9.17, 15) is 0 Å². The summed E-state index contributed by atoms with van der Waals surface area (Å²) < 4.78 is 19.5. The lowest BCUT2D eigenvalue weighted by atomic mass is 9.78. The van der Waals surface area contributed by atoms with Crippen molar-refractivity contribution in [2.75, 3.05) is 45.1 Å². The van der Waals surface area contributed by atoms with Gasteiger partial charge in [-0.1, -0.05) is 55.8 Å². The molecule has 0 radical (unpaired) electrons. The molecule has 0 aliphatic carbocycles. The Kier molecular flexibility index (Phi) is 8.39. The van der Waals surface area contributed by atoms with E-state index in [4.69, 9.17) is 14.2 Å². The minimum atomic E-state index is -0.822. The third kappa shape index (κ3) is 5.69.